The highest BCUT2D eigenvalue weighted by molar-refractivity contribution is 5.97. The number of hydrogen-bond donors (Lipinski definition) is 2. The largest absolute Gasteiger partial charge is 0.508 e. The molecule has 0 aliphatic heterocycles. The van der Waals surface area contributed by atoms with Gasteiger partial charge in [-0.3, -0.25) is 4.79 Å². The number of nitrogens with one attached hydrogen (secondary N) is 1. The van der Waals surface area contributed by atoms with Crippen LogP contribution in [-0.2, 0) is 16.0 Å². The van der Waals surface area contributed by atoms with Crippen LogP contribution in [0.25, 0.3) is 10.9 Å². The monoisotopic (exact) mass is 350 g/mol. The summed E-state index contributed by atoms with van der Waals surface area (Å²) in [6.07, 6.45) is 0.242. The van der Waals surface area contributed by atoms with E-state index in [9.17, 15) is 14.7 Å². The van der Waals surface area contributed by atoms with E-state index in [1.54, 1.807) is 18.2 Å². The zero-order valence-electron chi connectivity index (χ0n) is 14.2. The summed E-state index contributed by atoms with van der Waals surface area (Å²) in [6.45, 7) is 0. The maximum atomic E-state index is 12.5. The zero-order chi connectivity index (χ0) is 18.5. The first-order chi connectivity index (χ1) is 12.6. The van der Waals surface area contributed by atoms with Crippen LogP contribution in [-0.4, -0.2) is 35.1 Å². The van der Waals surface area contributed by atoms with Crippen molar-refractivity contribution in [2.75, 3.05) is 7.11 Å². The normalized spacial score (nSPS) is 11.7. The second-order valence-electron chi connectivity index (χ2n) is 5.81. The Kier molecular flexibility index (Phi) is 5.12. The molecule has 0 fully saturated rings. The van der Waals surface area contributed by atoms with Gasteiger partial charge in [-0.2, -0.15) is 0 Å². The SMILES string of the molecule is COC(=O)[C@H](Cc1ccc(O)cc1)NC(=O)c1ccc2ccccc2n1. The molecule has 2 aromatic carbocycles. The first kappa shape index (κ1) is 17.4. The molecule has 2 N–H and O–H groups in total. The van der Waals surface area contributed by atoms with Crippen LogP contribution < -0.4 is 5.32 Å². The molecule has 0 unspecified atom stereocenters. The summed E-state index contributed by atoms with van der Waals surface area (Å²) in [6, 6.07) is 16.5. The highest BCUT2D eigenvalue weighted by atomic mass is 16.5. The quantitative estimate of drug-likeness (QED) is 0.690. The number of nitrogens with zero attached hydrogens (tertiary/aromatic N) is 1. The van der Waals surface area contributed by atoms with Crippen LogP contribution in [0.2, 0.25) is 0 Å². The molecule has 0 aliphatic rings. The number of aromatic hydroxyl groups is 1. The van der Waals surface area contributed by atoms with Crippen molar-refractivity contribution in [3.63, 3.8) is 0 Å². The zero-order valence-corrected chi connectivity index (χ0v) is 14.2. The van der Waals surface area contributed by atoms with Crippen molar-refractivity contribution in [3.8, 4) is 5.75 Å². The van der Waals surface area contributed by atoms with Crippen molar-refractivity contribution < 1.29 is 19.4 Å². The molecule has 3 aromatic rings. The lowest BCUT2D eigenvalue weighted by molar-refractivity contribution is -0.142. The van der Waals surface area contributed by atoms with Gasteiger partial charge in [-0.15, -0.1) is 0 Å². The Morgan fingerprint density at radius 3 is 2.54 bits per heavy atom. The van der Waals surface area contributed by atoms with Crippen molar-refractivity contribution in [1.82, 2.24) is 10.3 Å². The number of aromatic nitrogens is 1. The molecule has 26 heavy (non-hydrogen) atoms. The van der Waals surface area contributed by atoms with E-state index >= 15 is 0 Å². The van der Waals surface area contributed by atoms with Gasteiger partial charge in [0, 0.05) is 11.8 Å². The number of benzene rings is 2. The molecule has 0 saturated heterocycles. The maximum Gasteiger partial charge on any atom is 0.328 e. The number of amides is 1. The molecular weight excluding hydrogens is 332 g/mol. The van der Waals surface area contributed by atoms with Crippen LogP contribution in [0.1, 0.15) is 16.1 Å². The Labute approximate surface area is 150 Å². The Bertz CT molecular complexity index is 938. The van der Waals surface area contributed by atoms with E-state index in [2.05, 4.69) is 10.3 Å². The summed E-state index contributed by atoms with van der Waals surface area (Å²) in [5, 5.41) is 13.0. The van der Waals surface area contributed by atoms with Gasteiger partial charge in [0.2, 0.25) is 0 Å². The number of phenols is 1. The summed E-state index contributed by atoms with van der Waals surface area (Å²) < 4.78 is 4.79. The standard InChI is InChI=1S/C20H18N2O4/c1-26-20(25)18(12-13-6-9-15(23)10-7-13)22-19(24)17-11-8-14-4-2-3-5-16(14)21-17/h2-11,18,23H,12H2,1H3,(H,22,24)/t18-/m0/s1. The highest BCUT2D eigenvalue weighted by Crippen LogP contribution is 2.14. The summed E-state index contributed by atoms with van der Waals surface area (Å²) in [7, 11) is 1.27. The molecule has 1 atom stereocenters. The molecule has 6 heteroatoms. The Balaban J connectivity index is 1.79. The Morgan fingerprint density at radius 2 is 1.81 bits per heavy atom. The molecule has 132 valence electrons. The van der Waals surface area contributed by atoms with E-state index in [4.69, 9.17) is 4.74 Å². The van der Waals surface area contributed by atoms with E-state index in [1.807, 2.05) is 30.3 Å². The van der Waals surface area contributed by atoms with Gasteiger partial charge in [-0.05, 0) is 29.8 Å². The topological polar surface area (TPSA) is 88.5 Å². The lowest BCUT2D eigenvalue weighted by atomic mass is 10.1. The smallest absolute Gasteiger partial charge is 0.328 e. The van der Waals surface area contributed by atoms with Crippen molar-refractivity contribution in [1.29, 1.82) is 0 Å². The average molecular weight is 350 g/mol. The molecule has 6 nitrogen and oxygen atoms in total. The molecule has 0 radical (unpaired) electrons. The minimum Gasteiger partial charge on any atom is -0.508 e. The maximum absolute atomic E-state index is 12.5. The third kappa shape index (κ3) is 3.97. The first-order valence-electron chi connectivity index (χ1n) is 8.09. The van der Waals surface area contributed by atoms with Gasteiger partial charge in [-0.25, -0.2) is 9.78 Å². The predicted molar refractivity (Wildman–Crippen MR) is 96.8 cm³/mol. The number of esters is 1. The molecule has 0 aliphatic carbocycles. The minimum absolute atomic E-state index is 0.132. The number of pyridine rings is 1. The fraction of sp³-hybridized carbons (Fsp3) is 0.150. The van der Waals surface area contributed by atoms with E-state index < -0.39 is 17.9 Å². The van der Waals surface area contributed by atoms with Crippen molar-refractivity contribution in [2.24, 2.45) is 0 Å². The van der Waals surface area contributed by atoms with Gasteiger partial charge in [0.1, 0.15) is 17.5 Å². The number of phenolic OH excluding ortho intramolecular Hbond substituents is 1. The van der Waals surface area contributed by atoms with Crippen molar-refractivity contribution in [2.45, 2.75) is 12.5 Å². The van der Waals surface area contributed by atoms with Crippen LogP contribution in [0.15, 0.2) is 60.7 Å². The van der Waals surface area contributed by atoms with Gasteiger partial charge >= 0.3 is 5.97 Å². The lowest BCUT2D eigenvalue weighted by Crippen LogP contribution is -2.43. The number of methoxy groups -OCH3 is 1. The molecule has 1 aromatic heterocycles. The summed E-state index contributed by atoms with van der Waals surface area (Å²) >= 11 is 0. The van der Waals surface area contributed by atoms with Gasteiger partial charge in [0.25, 0.3) is 5.91 Å². The van der Waals surface area contributed by atoms with Crippen LogP contribution in [0, 0.1) is 0 Å². The molecule has 3 rings (SSSR count). The van der Waals surface area contributed by atoms with Crippen molar-refractivity contribution >= 4 is 22.8 Å². The van der Waals surface area contributed by atoms with Gasteiger partial charge in [-0.1, -0.05) is 36.4 Å². The summed E-state index contributed by atoms with van der Waals surface area (Å²) in [5.74, 6) is -0.870. The van der Waals surface area contributed by atoms with Crippen molar-refractivity contribution in [3.05, 3.63) is 71.9 Å². The Morgan fingerprint density at radius 1 is 1.08 bits per heavy atom. The number of fused-ring (bicyclic) bond motifs is 1. The van der Waals surface area contributed by atoms with E-state index in [0.717, 1.165) is 10.9 Å². The molecule has 0 saturated carbocycles. The number of para-hydroxylation sites is 1. The third-order valence-corrected chi connectivity index (χ3v) is 4.00. The van der Waals surface area contributed by atoms with Crippen LogP contribution in [0.5, 0.6) is 5.75 Å². The number of carbonyl (C=O) groups excluding carboxylic acids is 2. The minimum atomic E-state index is -0.856. The summed E-state index contributed by atoms with van der Waals surface area (Å²) in [4.78, 5) is 28.9. The van der Waals surface area contributed by atoms with Gasteiger partial charge in [0.05, 0.1) is 12.6 Å². The van der Waals surface area contributed by atoms with E-state index in [-0.39, 0.29) is 17.9 Å². The van der Waals surface area contributed by atoms with Crippen LogP contribution >= 0.6 is 0 Å². The van der Waals surface area contributed by atoms with Crippen LogP contribution in [0.4, 0.5) is 0 Å². The number of rotatable bonds is 5. The average Bonchev–Trinajstić information content (AvgIpc) is 2.68. The second-order valence-corrected chi connectivity index (χ2v) is 5.81. The first-order valence-corrected chi connectivity index (χ1v) is 8.09. The fourth-order valence-corrected chi connectivity index (χ4v) is 2.63. The number of hydrogen-bond acceptors (Lipinski definition) is 5. The predicted octanol–water partition coefficient (Wildman–Crippen LogP) is 2.45. The number of ether oxygens (including phenoxy) is 1. The van der Waals surface area contributed by atoms with Crippen LogP contribution in [0.3, 0.4) is 0 Å². The van der Waals surface area contributed by atoms with Gasteiger partial charge < -0.3 is 15.2 Å². The third-order valence-electron chi connectivity index (χ3n) is 4.00. The number of carbonyl (C=O) groups is 2. The van der Waals surface area contributed by atoms with Gasteiger partial charge in [0.15, 0.2) is 0 Å². The molecule has 0 bridgehead atoms. The Hall–Kier alpha value is -3.41. The molecule has 1 amide bonds. The highest BCUT2D eigenvalue weighted by Gasteiger charge is 2.23. The lowest BCUT2D eigenvalue weighted by Gasteiger charge is -2.16. The summed E-state index contributed by atoms with van der Waals surface area (Å²) in [5.41, 5.74) is 1.71. The molecular formula is C20H18N2O4. The van der Waals surface area contributed by atoms with E-state index in [1.165, 1.54) is 19.2 Å². The molecule has 1 heterocycles. The molecule has 0 spiro atoms. The van der Waals surface area contributed by atoms with E-state index in [0.29, 0.717) is 5.52 Å². The second kappa shape index (κ2) is 7.65. The fourth-order valence-electron chi connectivity index (χ4n) is 2.63.